The molecule has 0 aliphatic heterocycles. The van der Waals surface area contributed by atoms with E-state index in [1.807, 2.05) is 23.5 Å². The number of hydrogen-bond acceptors (Lipinski definition) is 5. The summed E-state index contributed by atoms with van der Waals surface area (Å²) in [7, 11) is 0. The number of fused-ring (bicyclic) bond motifs is 12. The summed E-state index contributed by atoms with van der Waals surface area (Å²) >= 11 is 3.56. The van der Waals surface area contributed by atoms with Crippen LogP contribution in [0.4, 0.5) is 0 Å². The minimum absolute atomic E-state index is 0.659. The molecule has 0 aliphatic rings. The van der Waals surface area contributed by atoms with Gasteiger partial charge in [-0.05, 0) is 42.5 Å². The first-order chi connectivity index (χ1) is 22.8. The molecule has 46 heavy (non-hydrogen) atoms. The number of rotatable bonds is 2. The summed E-state index contributed by atoms with van der Waals surface area (Å²) in [6, 6.07) is 45.1. The molecule has 5 aromatic heterocycles. The topological polar surface area (TPSA) is 43.9 Å². The smallest absolute Gasteiger partial charge is 0.236 e. The van der Waals surface area contributed by atoms with Crippen molar-refractivity contribution in [3.63, 3.8) is 0 Å². The van der Waals surface area contributed by atoms with E-state index in [0.717, 1.165) is 59.8 Å². The van der Waals surface area contributed by atoms with Gasteiger partial charge in [-0.15, -0.1) is 22.7 Å². The quantitative estimate of drug-likeness (QED) is 0.192. The fourth-order valence-electron chi connectivity index (χ4n) is 7.24. The first-order valence-corrected chi connectivity index (χ1v) is 16.9. The van der Waals surface area contributed by atoms with Crippen LogP contribution >= 0.6 is 22.7 Å². The molecule has 6 aromatic carbocycles. The molecule has 4 nitrogen and oxygen atoms in total. The van der Waals surface area contributed by atoms with Gasteiger partial charge in [-0.3, -0.25) is 4.57 Å². The lowest BCUT2D eigenvalue weighted by molar-refractivity contribution is 0.670. The Bertz CT molecular complexity index is 3050. The van der Waals surface area contributed by atoms with E-state index < -0.39 is 0 Å². The molecule has 0 atom stereocenters. The van der Waals surface area contributed by atoms with Crippen LogP contribution in [0, 0.1) is 0 Å². The van der Waals surface area contributed by atoms with Gasteiger partial charge in [0.05, 0.1) is 16.7 Å². The molecule has 0 aliphatic carbocycles. The average molecular weight is 624 g/mol. The Morgan fingerprint density at radius 1 is 0.500 bits per heavy atom. The van der Waals surface area contributed by atoms with Crippen molar-refractivity contribution in [1.29, 1.82) is 0 Å². The van der Waals surface area contributed by atoms with E-state index >= 15 is 0 Å². The standard InChI is InChI=1S/C40H21N3OS2/c1-5-16-30-22(10-1)28-21-35-29(24-12-3-7-18-33(24)45-35)20-31(28)43(30)40-41-37(36-26-13-4-8-19-34(26)46-39(36)42-40)27-15-9-14-25-23-11-2-6-17-32(23)44-38(25)27/h1-21H. The fraction of sp³-hybridized carbons (Fsp3) is 0. The van der Waals surface area contributed by atoms with Crippen molar-refractivity contribution in [2.75, 3.05) is 0 Å². The van der Waals surface area contributed by atoms with Crippen LogP contribution in [0.3, 0.4) is 0 Å². The Balaban J connectivity index is 1.30. The number of thiophene rings is 2. The van der Waals surface area contributed by atoms with Crippen LogP contribution in [-0.2, 0) is 0 Å². The summed E-state index contributed by atoms with van der Waals surface area (Å²) in [6.07, 6.45) is 0. The molecule has 5 heterocycles. The zero-order valence-electron chi connectivity index (χ0n) is 24.2. The number of benzene rings is 6. The number of aromatic nitrogens is 3. The van der Waals surface area contributed by atoms with Crippen molar-refractivity contribution in [3.05, 3.63) is 127 Å². The lowest BCUT2D eigenvalue weighted by atomic mass is 10.0. The maximum atomic E-state index is 6.56. The normalized spacial score (nSPS) is 12.3. The number of hydrogen-bond donors (Lipinski definition) is 0. The van der Waals surface area contributed by atoms with E-state index in [4.69, 9.17) is 14.4 Å². The van der Waals surface area contributed by atoms with Crippen molar-refractivity contribution in [2.24, 2.45) is 0 Å². The molecule has 214 valence electrons. The Kier molecular flexibility index (Phi) is 4.84. The molecule has 0 N–H and O–H groups in total. The maximum Gasteiger partial charge on any atom is 0.236 e. The lowest BCUT2D eigenvalue weighted by Crippen LogP contribution is -2.02. The molecular weight excluding hydrogens is 603 g/mol. The molecule has 0 radical (unpaired) electrons. The molecule has 0 unspecified atom stereocenters. The zero-order chi connectivity index (χ0) is 29.9. The molecule has 0 fully saturated rings. The van der Waals surface area contributed by atoms with E-state index in [0.29, 0.717) is 5.95 Å². The van der Waals surface area contributed by atoms with Crippen LogP contribution in [-0.4, -0.2) is 14.5 Å². The first kappa shape index (κ1) is 24.7. The van der Waals surface area contributed by atoms with Crippen LogP contribution in [0.25, 0.3) is 101 Å². The van der Waals surface area contributed by atoms with Gasteiger partial charge in [0.25, 0.3) is 0 Å². The predicted molar refractivity (Wildman–Crippen MR) is 195 cm³/mol. The van der Waals surface area contributed by atoms with Crippen molar-refractivity contribution in [3.8, 4) is 17.2 Å². The highest BCUT2D eigenvalue weighted by molar-refractivity contribution is 7.26. The van der Waals surface area contributed by atoms with Gasteiger partial charge in [0.15, 0.2) is 0 Å². The zero-order valence-corrected chi connectivity index (χ0v) is 25.8. The fourth-order valence-corrected chi connectivity index (χ4v) is 9.44. The van der Waals surface area contributed by atoms with E-state index in [-0.39, 0.29) is 0 Å². The summed E-state index contributed by atoms with van der Waals surface area (Å²) < 4.78 is 12.6. The third-order valence-corrected chi connectivity index (χ3v) is 11.5. The van der Waals surface area contributed by atoms with E-state index in [1.165, 1.54) is 35.6 Å². The monoisotopic (exact) mass is 623 g/mol. The number of para-hydroxylation sites is 3. The molecule has 0 saturated heterocycles. The molecule has 6 heteroatoms. The molecule has 0 saturated carbocycles. The average Bonchev–Trinajstić information content (AvgIpc) is 3.85. The van der Waals surface area contributed by atoms with E-state index in [1.54, 1.807) is 11.3 Å². The van der Waals surface area contributed by atoms with Crippen molar-refractivity contribution in [1.82, 2.24) is 14.5 Å². The maximum absolute atomic E-state index is 6.56. The third-order valence-electron chi connectivity index (χ3n) is 9.26. The van der Waals surface area contributed by atoms with Gasteiger partial charge >= 0.3 is 0 Å². The Morgan fingerprint density at radius 3 is 2.11 bits per heavy atom. The summed E-state index contributed by atoms with van der Waals surface area (Å²) in [4.78, 5) is 11.8. The second kappa shape index (κ2) is 9.01. The van der Waals surface area contributed by atoms with Gasteiger partial charge in [-0.25, -0.2) is 9.97 Å². The van der Waals surface area contributed by atoms with Crippen LogP contribution in [0.1, 0.15) is 0 Å². The van der Waals surface area contributed by atoms with Gasteiger partial charge in [0, 0.05) is 62.8 Å². The minimum atomic E-state index is 0.659. The largest absolute Gasteiger partial charge is 0.455 e. The minimum Gasteiger partial charge on any atom is -0.455 e. The Labute approximate surface area is 269 Å². The van der Waals surface area contributed by atoms with E-state index in [9.17, 15) is 0 Å². The summed E-state index contributed by atoms with van der Waals surface area (Å²) in [5.74, 6) is 0.659. The summed E-state index contributed by atoms with van der Waals surface area (Å²) in [6.45, 7) is 0. The number of nitrogens with zero attached hydrogens (tertiary/aromatic N) is 3. The Hall–Kier alpha value is -5.56. The van der Waals surface area contributed by atoms with Crippen LogP contribution < -0.4 is 0 Å². The van der Waals surface area contributed by atoms with Gasteiger partial charge in [-0.1, -0.05) is 84.9 Å². The second-order valence-electron chi connectivity index (χ2n) is 11.7. The molecular formula is C40H21N3OS2. The number of furan rings is 1. The van der Waals surface area contributed by atoms with Crippen molar-refractivity contribution in [2.45, 2.75) is 0 Å². The molecule has 11 aromatic rings. The molecule has 0 spiro atoms. The summed E-state index contributed by atoms with van der Waals surface area (Å²) in [5.41, 5.74) is 5.77. The SMILES string of the molecule is c1ccc2c(c1)oc1c(-c3nc(-n4c5ccccc5c5cc6sc7ccccc7c6cc54)nc4sc5ccccc5c34)cccc12. The molecule has 11 rings (SSSR count). The van der Waals surface area contributed by atoms with Gasteiger partial charge in [0.2, 0.25) is 5.95 Å². The van der Waals surface area contributed by atoms with Gasteiger partial charge < -0.3 is 4.42 Å². The Morgan fingerprint density at radius 2 is 1.22 bits per heavy atom. The predicted octanol–water partition coefficient (Wildman–Crippen LogP) is 11.9. The van der Waals surface area contributed by atoms with Crippen molar-refractivity contribution < 1.29 is 4.42 Å². The highest BCUT2D eigenvalue weighted by Gasteiger charge is 2.23. The third kappa shape index (κ3) is 3.27. The molecule has 0 bridgehead atoms. The second-order valence-corrected chi connectivity index (χ2v) is 13.9. The highest BCUT2D eigenvalue weighted by atomic mass is 32.1. The van der Waals surface area contributed by atoms with Crippen molar-refractivity contribution >= 4 is 107 Å². The first-order valence-electron chi connectivity index (χ1n) is 15.2. The highest BCUT2D eigenvalue weighted by Crippen LogP contribution is 2.44. The van der Waals surface area contributed by atoms with E-state index in [2.05, 4.69) is 120 Å². The van der Waals surface area contributed by atoms with Crippen LogP contribution in [0.5, 0.6) is 0 Å². The van der Waals surface area contributed by atoms with Crippen LogP contribution in [0.15, 0.2) is 132 Å². The molecule has 0 amide bonds. The lowest BCUT2D eigenvalue weighted by Gasteiger charge is -2.11. The van der Waals surface area contributed by atoms with Gasteiger partial charge in [0.1, 0.15) is 16.0 Å². The van der Waals surface area contributed by atoms with Gasteiger partial charge in [-0.2, -0.15) is 0 Å². The van der Waals surface area contributed by atoms with Crippen LogP contribution in [0.2, 0.25) is 0 Å². The summed E-state index contributed by atoms with van der Waals surface area (Å²) in [5, 5.41) is 9.34.